The third-order valence-corrected chi connectivity index (χ3v) is 8.24. The normalized spacial score (nSPS) is 15.8. The van der Waals surface area contributed by atoms with Crippen molar-refractivity contribution in [2.75, 3.05) is 23.1 Å². The van der Waals surface area contributed by atoms with Gasteiger partial charge in [0.05, 0.1) is 16.3 Å². The molecule has 4 aromatic rings. The maximum absolute atomic E-state index is 15.0. The molecule has 2 aromatic carbocycles. The Morgan fingerprint density at radius 2 is 1.86 bits per heavy atom. The highest BCUT2D eigenvalue weighted by atomic mass is 32.2. The number of aromatic nitrogens is 3. The van der Waals surface area contributed by atoms with Crippen LogP contribution in [-0.4, -0.2) is 42.5 Å². The molecule has 0 bridgehead atoms. The van der Waals surface area contributed by atoms with Gasteiger partial charge in [0.1, 0.15) is 10.8 Å². The van der Waals surface area contributed by atoms with Crippen LogP contribution in [0.5, 0.6) is 0 Å². The summed E-state index contributed by atoms with van der Waals surface area (Å²) in [5.74, 6) is -0.0306. The Labute approximate surface area is 219 Å². The van der Waals surface area contributed by atoms with Crippen molar-refractivity contribution in [2.24, 2.45) is 0 Å². The SMILES string of the molecule is O=S(=O)(Nc1ccc(Sc2ncccc2-c2ccnc(N[C@H]3CCCNC3)n2)c(F)c1)c1ccccc1. The van der Waals surface area contributed by atoms with Crippen molar-refractivity contribution < 1.29 is 12.8 Å². The minimum absolute atomic E-state index is 0.102. The summed E-state index contributed by atoms with van der Waals surface area (Å²) in [6.07, 6.45) is 5.47. The van der Waals surface area contributed by atoms with Gasteiger partial charge in [0.15, 0.2) is 0 Å². The van der Waals surface area contributed by atoms with Crippen molar-refractivity contribution >= 4 is 33.4 Å². The second kappa shape index (κ2) is 11.2. The fraction of sp³-hybridized carbons (Fsp3) is 0.192. The maximum Gasteiger partial charge on any atom is 0.261 e. The van der Waals surface area contributed by atoms with Crippen LogP contribution in [0.1, 0.15) is 12.8 Å². The molecule has 0 unspecified atom stereocenters. The van der Waals surface area contributed by atoms with Gasteiger partial charge in [0.2, 0.25) is 5.95 Å². The Morgan fingerprint density at radius 3 is 2.65 bits per heavy atom. The monoisotopic (exact) mass is 536 g/mol. The van der Waals surface area contributed by atoms with Gasteiger partial charge >= 0.3 is 0 Å². The van der Waals surface area contributed by atoms with E-state index in [-0.39, 0.29) is 16.6 Å². The molecule has 1 fully saturated rings. The standard InChI is InChI=1S/C26H25FN6O2S2/c27-22-16-18(33-37(34,35)20-7-2-1-3-8-20)10-11-24(22)36-25-21(9-5-14-29-25)23-12-15-30-26(32-23)31-19-6-4-13-28-17-19/h1-3,5,7-12,14-16,19,28,33H,4,6,13,17H2,(H,30,31,32)/t19-/m0/s1. The van der Waals surface area contributed by atoms with Gasteiger partial charge in [-0.2, -0.15) is 0 Å². The number of hydrogen-bond donors (Lipinski definition) is 3. The van der Waals surface area contributed by atoms with E-state index in [2.05, 4.69) is 30.3 Å². The molecule has 0 spiro atoms. The van der Waals surface area contributed by atoms with Crippen molar-refractivity contribution in [2.45, 2.75) is 33.7 Å². The van der Waals surface area contributed by atoms with E-state index in [1.807, 2.05) is 6.07 Å². The fourth-order valence-electron chi connectivity index (χ4n) is 3.97. The van der Waals surface area contributed by atoms with Gasteiger partial charge in [-0.3, -0.25) is 4.72 Å². The fourth-order valence-corrected chi connectivity index (χ4v) is 5.94. The molecule has 1 saturated heterocycles. The molecular formula is C26H25FN6O2S2. The van der Waals surface area contributed by atoms with Gasteiger partial charge in [0, 0.05) is 35.4 Å². The number of nitrogens with zero attached hydrogens (tertiary/aromatic N) is 3. The number of nitrogens with one attached hydrogen (secondary N) is 3. The van der Waals surface area contributed by atoms with Crippen LogP contribution >= 0.6 is 11.8 Å². The summed E-state index contributed by atoms with van der Waals surface area (Å²) in [5, 5.41) is 7.31. The zero-order valence-electron chi connectivity index (χ0n) is 19.8. The lowest BCUT2D eigenvalue weighted by molar-refractivity contribution is 0.478. The number of piperidine rings is 1. The first-order valence-corrected chi connectivity index (χ1v) is 14.1. The number of benzene rings is 2. The van der Waals surface area contributed by atoms with Crippen LogP contribution in [0.25, 0.3) is 11.3 Å². The van der Waals surface area contributed by atoms with Crippen LogP contribution in [0.3, 0.4) is 0 Å². The molecule has 2 aromatic heterocycles. The third-order valence-electron chi connectivity index (χ3n) is 5.78. The van der Waals surface area contributed by atoms with E-state index in [1.165, 1.54) is 24.3 Å². The van der Waals surface area contributed by atoms with Crippen LogP contribution in [0.15, 0.2) is 93.9 Å². The Hall–Kier alpha value is -3.54. The molecule has 190 valence electrons. The van der Waals surface area contributed by atoms with Crippen molar-refractivity contribution in [3.63, 3.8) is 0 Å². The third kappa shape index (κ3) is 6.24. The Kier molecular flexibility index (Phi) is 7.63. The van der Waals surface area contributed by atoms with Crippen molar-refractivity contribution in [1.29, 1.82) is 0 Å². The van der Waals surface area contributed by atoms with Crippen LogP contribution in [-0.2, 0) is 10.0 Å². The molecule has 0 saturated carbocycles. The van der Waals surface area contributed by atoms with Crippen molar-refractivity contribution in [3.8, 4) is 11.3 Å². The summed E-state index contributed by atoms with van der Waals surface area (Å²) < 4.78 is 42.6. The van der Waals surface area contributed by atoms with Gasteiger partial charge in [-0.15, -0.1) is 0 Å². The zero-order valence-corrected chi connectivity index (χ0v) is 21.4. The topological polar surface area (TPSA) is 109 Å². The quantitative estimate of drug-likeness (QED) is 0.295. The van der Waals surface area contributed by atoms with Gasteiger partial charge in [-0.25, -0.2) is 27.8 Å². The summed E-state index contributed by atoms with van der Waals surface area (Å²) >= 11 is 1.15. The average Bonchev–Trinajstić information content (AvgIpc) is 2.92. The molecule has 0 amide bonds. The number of anilines is 2. The number of halogens is 1. The van der Waals surface area contributed by atoms with Crippen LogP contribution < -0.4 is 15.4 Å². The molecule has 1 atom stereocenters. The van der Waals surface area contributed by atoms with Crippen molar-refractivity contribution in [1.82, 2.24) is 20.3 Å². The first-order valence-electron chi connectivity index (χ1n) is 11.8. The minimum Gasteiger partial charge on any atom is -0.350 e. The summed E-state index contributed by atoms with van der Waals surface area (Å²) in [4.78, 5) is 13.9. The molecule has 1 aliphatic rings. The molecule has 37 heavy (non-hydrogen) atoms. The zero-order chi connectivity index (χ0) is 25.7. The number of rotatable bonds is 8. The van der Waals surface area contributed by atoms with E-state index in [4.69, 9.17) is 0 Å². The molecule has 0 radical (unpaired) electrons. The molecule has 3 N–H and O–H groups in total. The molecule has 0 aliphatic carbocycles. The van der Waals surface area contributed by atoms with Gasteiger partial charge < -0.3 is 10.6 Å². The molecule has 11 heteroatoms. The van der Waals surface area contributed by atoms with E-state index in [0.717, 1.165) is 49.3 Å². The lowest BCUT2D eigenvalue weighted by atomic mass is 10.1. The first-order chi connectivity index (χ1) is 18.0. The largest absolute Gasteiger partial charge is 0.350 e. The van der Waals surface area contributed by atoms with E-state index < -0.39 is 15.8 Å². The second-order valence-corrected chi connectivity index (χ2v) is 11.2. The van der Waals surface area contributed by atoms with E-state index in [1.54, 1.807) is 42.7 Å². The molecule has 8 nitrogen and oxygen atoms in total. The van der Waals surface area contributed by atoms with E-state index >= 15 is 4.39 Å². The Balaban J connectivity index is 1.35. The average molecular weight is 537 g/mol. The summed E-state index contributed by atoms with van der Waals surface area (Å²) in [7, 11) is -3.82. The second-order valence-electron chi connectivity index (χ2n) is 8.48. The van der Waals surface area contributed by atoms with Gasteiger partial charge in [-0.05, 0) is 67.9 Å². The smallest absolute Gasteiger partial charge is 0.261 e. The highest BCUT2D eigenvalue weighted by molar-refractivity contribution is 7.99. The predicted molar refractivity (Wildman–Crippen MR) is 143 cm³/mol. The summed E-state index contributed by atoms with van der Waals surface area (Å²) in [6, 6.07) is 17.9. The number of pyridine rings is 1. The van der Waals surface area contributed by atoms with Crippen LogP contribution in [0.4, 0.5) is 16.0 Å². The minimum atomic E-state index is -3.82. The highest BCUT2D eigenvalue weighted by Crippen LogP contribution is 2.36. The van der Waals surface area contributed by atoms with E-state index in [9.17, 15) is 8.42 Å². The van der Waals surface area contributed by atoms with Gasteiger partial charge in [0.25, 0.3) is 10.0 Å². The van der Waals surface area contributed by atoms with Crippen molar-refractivity contribution in [3.05, 3.63) is 84.9 Å². The predicted octanol–water partition coefficient (Wildman–Crippen LogP) is 4.79. The van der Waals surface area contributed by atoms with Gasteiger partial charge in [-0.1, -0.05) is 30.0 Å². The molecule has 5 rings (SSSR count). The molecule has 3 heterocycles. The van der Waals surface area contributed by atoms with E-state index in [0.29, 0.717) is 21.6 Å². The molecular weight excluding hydrogens is 511 g/mol. The summed E-state index contributed by atoms with van der Waals surface area (Å²) in [5.41, 5.74) is 1.55. The lowest BCUT2D eigenvalue weighted by Gasteiger charge is -2.23. The number of hydrogen-bond acceptors (Lipinski definition) is 8. The highest BCUT2D eigenvalue weighted by Gasteiger charge is 2.18. The molecule has 1 aliphatic heterocycles. The summed E-state index contributed by atoms with van der Waals surface area (Å²) in [6.45, 7) is 1.88. The van der Waals surface area contributed by atoms with Crippen LogP contribution in [0.2, 0.25) is 0 Å². The number of sulfonamides is 1. The Bertz CT molecular complexity index is 1480. The maximum atomic E-state index is 15.0. The first kappa shape index (κ1) is 25.1. The Morgan fingerprint density at radius 1 is 1.00 bits per heavy atom. The van der Waals surface area contributed by atoms with Crippen LogP contribution in [0, 0.1) is 5.82 Å². The lowest BCUT2D eigenvalue weighted by Crippen LogP contribution is -2.38.